The predicted octanol–water partition coefficient (Wildman–Crippen LogP) is -1.00. The van der Waals surface area contributed by atoms with Gasteiger partial charge in [0.05, 0.1) is 0 Å². The minimum absolute atomic E-state index is 0. The van der Waals surface area contributed by atoms with Crippen LogP contribution < -0.4 is 12.4 Å². The Hall–Kier alpha value is 1.01. The summed E-state index contributed by atoms with van der Waals surface area (Å²) in [6.07, 6.45) is 7.86. The van der Waals surface area contributed by atoms with E-state index in [1.807, 2.05) is 0 Å². The maximum atomic E-state index is 5.07. The molecule has 14 heavy (non-hydrogen) atoms. The van der Waals surface area contributed by atoms with Crippen molar-refractivity contribution in [2.24, 2.45) is 0 Å². The molecule has 2 fully saturated rings. The third kappa shape index (κ3) is 11.1. The van der Waals surface area contributed by atoms with E-state index in [0.717, 1.165) is 26.4 Å². The van der Waals surface area contributed by atoms with Gasteiger partial charge in [0.15, 0.2) is 0 Å². The van der Waals surface area contributed by atoms with E-state index in [-0.39, 0.29) is 36.3 Å². The molecule has 2 nitrogen and oxygen atoms in total. The number of hydrogen-bond acceptors (Lipinski definition) is 2. The Kier molecular flexibility index (Phi) is 17.4. The first kappa shape index (κ1) is 17.4. The SMILES string of the molecule is C1CCOCC1.C1CCOCC1.[Cl-].[Sn+4]. The van der Waals surface area contributed by atoms with Crippen molar-refractivity contribution in [3.8, 4) is 0 Å². The summed E-state index contributed by atoms with van der Waals surface area (Å²) >= 11 is 0. The fraction of sp³-hybridized carbons (Fsp3) is 1.00. The average molecular weight is 326 g/mol. The average Bonchev–Trinajstić information content (AvgIpc) is 2.24. The van der Waals surface area contributed by atoms with Crippen molar-refractivity contribution in [2.45, 2.75) is 38.5 Å². The third-order valence-electron chi connectivity index (χ3n) is 2.15. The van der Waals surface area contributed by atoms with Gasteiger partial charge in [-0.3, -0.25) is 0 Å². The second-order valence-electron chi connectivity index (χ2n) is 3.35. The van der Waals surface area contributed by atoms with Crippen LogP contribution in [0.25, 0.3) is 0 Å². The molecule has 0 amide bonds. The van der Waals surface area contributed by atoms with Crippen LogP contribution >= 0.6 is 0 Å². The normalized spacial score (nSPS) is 20.6. The number of ether oxygens (including phenoxy) is 2. The van der Waals surface area contributed by atoms with Crippen molar-refractivity contribution in [1.29, 1.82) is 0 Å². The minimum atomic E-state index is 0. The molecule has 0 aromatic heterocycles. The van der Waals surface area contributed by atoms with Crippen molar-refractivity contribution in [3.05, 3.63) is 0 Å². The molecule has 2 rings (SSSR count). The summed E-state index contributed by atoms with van der Waals surface area (Å²) in [5.41, 5.74) is 0. The Morgan fingerprint density at radius 3 is 0.857 bits per heavy atom. The molecule has 0 spiro atoms. The fourth-order valence-corrected chi connectivity index (χ4v) is 1.37. The first-order chi connectivity index (χ1) is 6.00. The summed E-state index contributed by atoms with van der Waals surface area (Å²) in [5.74, 6) is 0. The van der Waals surface area contributed by atoms with Gasteiger partial charge in [0.25, 0.3) is 0 Å². The molecule has 2 heterocycles. The van der Waals surface area contributed by atoms with Crippen molar-refractivity contribution in [2.75, 3.05) is 26.4 Å². The van der Waals surface area contributed by atoms with Gasteiger partial charge in [0.1, 0.15) is 0 Å². The maximum absolute atomic E-state index is 5.07. The molecule has 0 atom stereocenters. The molecule has 2 aliphatic rings. The van der Waals surface area contributed by atoms with E-state index in [1.54, 1.807) is 0 Å². The molecule has 0 saturated carbocycles. The Morgan fingerprint density at radius 2 is 0.786 bits per heavy atom. The standard InChI is InChI=1S/2C5H10O.ClH.Sn/c2*1-2-4-6-5-3-1;;/h2*1-5H2;1H;/q;;;+4/p-1. The van der Waals surface area contributed by atoms with Gasteiger partial charge in [0, 0.05) is 26.4 Å². The van der Waals surface area contributed by atoms with Gasteiger partial charge < -0.3 is 21.9 Å². The molecule has 0 aromatic carbocycles. The number of rotatable bonds is 0. The van der Waals surface area contributed by atoms with E-state index in [0.29, 0.717) is 0 Å². The quantitative estimate of drug-likeness (QED) is 0.532. The molecule has 0 N–H and O–H groups in total. The number of halogens is 1. The van der Waals surface area contributed by atoms with Crippen LogP contribution in [-0.2, 0) is 9.47 Å². The molecule has 2 aliphatic heterocycles. The van der Waals surface area contributed by atoms with Crippen LogP contribution in [0.15, 0.2) is 0 Å². The monoisotopic (exact) mass is 327 g/mol. The molecule has 0 bridgehead atoms. The Balaban J connectivity index is 0. The van der Waals surface area contributed by atoms with E-state index in [9.17, 15) is 0 Å². The maximum Gasteiger partial charge on any atom is 4.00 e. The van der Waals surface area contributed by atoms with Crippen molar-refractivity contribution >= 4 is 23.9 Å². The van der Waals surface area contributed by atoms with Crippen LogP contribution in [0.4, 0.5) is 0 Å². The second-order valence-corrected chi connectivity index (χ2v) is 3.35. The molecule has 0 radical (unpaired) electrons. The predicted molar refractivity (Wildman–Crippen MR) is 55.1 cm³/mol. The Morgan fingerprint density at radius 1 is 0.500 bits per heavy atom. The first-order valence-electron chi connectivity index (χ1n) is 5.15. The summed E-state index contributed by atoms with van der Waals surface area (Å²) in [4.78, 5) is 0. The minimum Gasteiger partial charge on any atom is -1.00 e. The van der Waals surface area contributed by atoms with E-state index in [4.69, 9.17) is 9.47 Å². The van der Waals surface area contributed by atoms with Gasteiger partial charge in [0.2, 0.25) is 0 Å². The molecule has 0 aromatic rings. The zero-order valence-electron chi connectivity index (χ0n) is 8.77. The van der Waals surface area contributed by atoms with Crippen molar-refractivity contribution < 1.29 is 21.9 Å². The summed E-state index contributed by atoms with van der Waals surface area (Å²) < 4.78 is 10.1. The van der Waals surface area contributed by atoms with Gasteiger partial charge in [-0.1, -0.05) is 0 Å². The summed E-state index contributed by atoms with van der Waals surface area (Å²) in [6.45, 7) is 4.00. The molecular formula is C10H20ClO2Sn+3. The molecule has 0 unspecified atom stereocenters. The Bertz CT molecular complexity index is 61.1. The number of hydrogen-bond donors (Lipinski definition) is 0. The van der Waals surface area contributed by atoms with E-state index < -0.39 is 0 Å². The van der Waals surface area contributed by atoms with Crippen LogP contribution in [0.3, 0.4) is 0 Å². The van der Waals surface area contributed by atoms with Crippen LogP contribution in [0.5, 0.6) is 0 Å². The van der Waals surface area contributed by atoms with E-state index in [2.05, 4.69) is 0 Å². The largest absolute Gasteiger partial charge is 4.00 e. The summed E-state index contributed by atoms with van der Waals surface area (Å²) in [6, 6.07) is 0. The van der Waals surface area contributed by atoms with Crippen LogP contribution in [0, 0.1) is 0 Å². The zero-order chi connectivity index (χ0) is 8.49. The van der Waals surface area contributed by atoms with Gasteiger partial charge >= 0.3 is 23.9 Å². The fourth-order valence-electron chi connectivity index (χ4n) is 1.37. The van der Waals surface area contributed by atoms with Gasteiger partial charge in [-0.25, -0.2) is 0 Å². The van der Waals surface area contributed by atoms with Crippen LogP contribution in [0.1, 0.15) is 38.5 Å². The van der Waals surface area contributed by atoms with E-state index >= 15 is 0 Å². The van der Waals surface area contributed by atoms with Crippen LogP contribution in [-0.4, -0.2) is 50.3 Å². The molecular weight excluding hydrogens is 306 g/mol. The van der Waals surface area contributed by atoms with Gasteiger partial charge in [-0.15, -0.1) is 0 Å². The van der Waals surface area contributed by atoms with Gasteiger partial charge in [-0.05, 0) is 38.5 Å². The van der Waals surface area contributed by atoms with Crippen molar-refractivity contribution in [3.63, 3.8) is 0 Å². The second kappa shape index (κ2) is 14.0. The third-order valence-corrected chi connectivity index (χ3v) is 2.15. The Labute approximate surface area is 110 Å². The van der Waals surface area contributed by atoms with E-state index in [1.165, 1.54) is 38.5 Å². The molecule has 0 aliphatic carbocycles. The summed E-state index contributed by atoms with van der Waals surface area (Å²) in [5, 5.41) is 0. The molecule has 4 heteroatoms. The molecule has 80 valence electrons. The van der Waals surface area contributed by atoms with Gasteiger partial charge in [-0.2, -0.15) is 0 Å². The summed E-state index contributed by atoms with van der Waals surface area (Å²) in [7, 11) is 0. The first-order valence-corrected chi connectivity index (χ1v) is 5.15. The zero-order valence-corrected chi connectivity index (χ0v) is 12.4. The smallest absolute Gasteiger partial charge is 1.00 e. The van der Waals surface area contributed by atoms with Crippen molar-refractivity contribution in [1.82, 2.24) is 0 Å². The topological polar surface area (TPSA) is 18.5 Å². The molecule has 2 saturated heterocycles. The van der Waals surface area contributed by atoms with Crippen LogP contribution in [0.2, 0.25) is 0 Å².